The fourth-order valence-electron chi connectivity index (χ4n) is 3.99. The highest BCUT2D eigenvalue weighted by Gasteiger charge is 2.49. The Morgan fingerprint density at radius 2 is 1.57 bits per heavy atom. The number of epoxide rings is 2. The first kappa shape index (κ1) is 13.8. The molecule has 0 spiro atoms. The zero-order valence-corrected chi connectivity index (χ0v) is 12.7. The molecule has 2 heterocycles. The molecule has 0 radical (unpaired) electrons. The van der Waals surface area contributed by atoms with Crippen LogP contribution in [0.15, 0.2) is 0 Å². The van der Waals surface area contributed by atoms with Crippen LogP contribution in [0.25, 0.3) is 0 Å². The lowest BCUT2D eigenvalue weighted by atomic mass is 9.81. The molecule has 5 heteroatoms. The average Bonchev–Trinajstić information content (AvgIpc) is 3.32. The van der Waals surface area contributed by atoms with Gasteiger partial charge in [-0.3, -0.25) is 0 Å². The van der Waals surface area contributed by atoms with Gasteiger partial charge in [0, 0.05) is 6.42 Å². The maximum absolute atomic E-state index is 11.9. The second-order valence-electron chi connectivity index (χ2n) is 7.30. The van der Waals surface area contributed by atoms with E-state index in [2.05, 4.69) is 13.8 Å². The smallest absolute Gasteiger partial charge is 0.434 e. The number of rotatable bonds is 3. The topological polar surface area (TPSA) is 60.6 Å². The highest BCUT2D eigenvalue weighted by molar-refractivity contribution is 5.60. The van der Waals surface area contributed by atoms with Crippen molar-refractivity contribution < 1.29 is 23.7 Å². The third-order valence-corrected chi connectivity index (χ3v) is 5.69. The summed E-state index contributed by atoms with van der Waals surface area (Å²) >= 11 is 0. The molecule has 2 aliphatic heterocycles. The molecule has 5 nitrogen and oxygen atoms in total. The van der Waals surface area contributed by atoms with Gasteiger partial charge in [0.2, 0.25) is 0 Å². The highest BCUT2D eigenvalue weighted by atomic mass is 16.7. The van der Waals surface area contributed by atoms with Crippen LogP contribution in [0.2, 0.25) is 0 Å². The van der Waals surface area contributed by atoms with E-state index < -0.39 is 6.16 Å². The van der Waals surface area contributed by atoms with Gasteiger partial charge in [-0.25, -0.2) is 4.79 Å². The Morgan fingerprint density at radius 3 is 2.33 bits per heavy atom. The molecule has 2 aliphatic carbocycles. The minimum absolute atomic E-state index is 0.0545. The van der Waals surface area contributed by atoms with Crippen LogP contribution in [0, 0.1) is 17.8 Å². The van der Waals surface area contributed by atoms with E-state index >= 15 is 0 Å². The predicted octanol–water partition coefficient (Wildman–Crippen LogP) is 2.52. The molecule has 8 unspecified atom stereocenters. The van der Waals surface area contributed by atoms with E-state index in [1.807, 2.05) is 0 Å². The summed E-state index contributed by atoms with van der Waals surface area (Å²) in [6, 6.07) is 0. The van der Waals surface area contributed by atoms with E-state index in [0.717, 1.165) is 25.7 Å². The van der Waals surface area contributed by atoms with Crippen molar-refractivity contribution in [2.24, 2.45) is 17.8 Å². The first-order chi connectivity index (χ1) is 10.1. The Morgan fingerprint density at radius 1 is 0.952 bits per heavy atom. The minimum Gasteiger partial charge on any atom is -0.434 e. The Labute approximate surface area is 125 Å². The molecule has 4 fully saturated rings. The number of carbonyl (C=O) groups is 1. The summed E-state index contributed by atoms with van der Waals surface area (Å²) in [7, 11) is 0. The molecule has 4 rings (SSSR count). The Kier molecular flexibility index (Phi) is 3.38. The van der Waals surface area contributed by atoms with Gasteiger partial charge < -0.3 is 18.9 Å². The zero-order valence-electron chi connectivity index (χ0n) is 12.7. The van der Waals surface area contributed by atoms with Crippen molar-refractivity contribution in [1.29, 1.82) is 0 Å². The van der Waals surface area contributed by atoms with Crippen molar-refractivity contribution in [2.45, 2.75) is 70.1 Å². The molecule has 0 amide bonds. The van der Waals surface area contributed by atoms with Gasteiger partial charge >= 0.3 is 6.16 Å². The van der Waals surface area contributed by atoms with Crippen molar-refractivity contribution >= 4 is 6.16 Å². The van der Waals surface area contributed by atoms with Gasteiger partial charge in [0.05, 0.1) is 31.0 Å². The predicted molar refractivity (Wildman–Crippen MR) is 73.8 cm³/mol. The Bertz CT molecular complexity index is 425. The van der Waals surface area contributed by atoms with Gasteiger partial charge in [-0.15, -0.1) is 0 Å². The van der Waals surface area contributed by atoms with Gasteiger partial charge in [-0.2, -0.15) is 0 Å². The molecule has 2 saturated heterocycles. The zero-order chi connectivity index (χ0) is 14.6. The lowest BCUT2D eigenvalue weighted by Gasteiger charge is -2.28. The number of carbonyl (C=O) groups excluding carboxylic acids is 1. The summed E-state index contributed by atoms with van der Waals surface area (Å²) in [6.07, 6.45) is 4.93. The van der Waals surface area contributed by atoms with Gasteiger partial charge in [-0.1, -0.05) is 13.8 Å². The first-order valence-electron chi connectivity index (χ1n) is 8.24. The van der Waals surface area contributed by atoms with Gasteiger partial charge in [0.25, 0.3) is 0 Å². The maximum atomic E-state index is 11.9. The van der Waals surface area contributed by atoms with Gasteiger partial charge in [0.1, 0.15) is 6.10 Å². The van der Waals surface area contributed by atoms with Crippen LogP contribution in [0.3, 0.4) is 0 Å². The SMILES string of the molecule is CC1CC2OC2CC1COC(=O)OC1CC2OC2CC1C. The van der Waals surface area contributed by atoms with Crippen molar-refractivity contribution in [2.75, 3.05) is 6.61 Å². The molecule has 21 heavy (non-hydrogen) atoms. The largest absolute Gasteiger partial charge is 0.508 e. The summed E-state index contributed by atoms with van der Waals surface area (Å²) in [5.74, 6) is 1.31. The van der Waals surface area contributed by atoms with Crippen molar-refractivity contribution in [3.05, 3.63) is 0 Å². The highest BCUT2D eigenvalue weighted by Crippen LogP contribution is 2.43. The fourth-order valence-corrected chi connectivity index (χ4v) is 3.99. The van der Waals surface area contributed by atoms with Crippen LogP contribution in [0.5, 0.6) is 0 Å². The van der Waals surface area contributed by atoms with E-state index in [0.29, 0.717) is 48.8 Å². The summed E-state index contributed by atoms with van der Waals surface area (Å²) in [5.41, 5.74) is 0. The molecular weight excluding hydrogens is 272 g/mol. The Hall–Kier alpha value is -0.810. The molecule has 0 aromatic carbocycles. The van der Waals surface area contributed by atoms with Gasteiger partial charge in [0.15, 0.2) is 0 Å². The van der Waals surface area contributed by atoms with Gasteiger partial charge in [-0.05, 0) is 37.0 Å². The Balaban J connectivity index is 1.22. The third-order valence-electron chi connectivity index (χ3n) is 5.69. The minimum atomic E-state index is -0.517. The molecule has 0 aromatic rings. The van der Waals surface area contributed by atoms with Crippen LogP contribution in [-0.4, -0.2) is 43.3 Å². The molecule has 0 bridgehead atoms. The molecular formula is C16H24O5. The molecule has 8 atom stereocenters. The number of fused-ring (bicyclic) bond motifs is 2. The summed E-state index contributed by atoms with van der Waals surface area (Å²) in [4.78, 5) is 11.9. The second-order valence-corrected chi connectivity index (χ2v) is 7.30. The first-order valence-corrected chi connectivity index (χ1v) is 8.24. The monoisotopic (exact) mass is 296 g/mol. The number of ether oxygens (including phenoxy) is 4. The second kappa shape index (κ2) is 5.13. The normalized spacial score (nSPS) is 50.6. The number of hydrogen-bond donors (Lipinski definition) is 0. The van der Waals surface area contributed by atoms with Crippen molar-refractivity contribution in [1.82, 2.24) is 0 Å². The molecule has 2 saturated carbocycles. The summed E-state index contributed by atoms with van der Waals surface area (Å²) < 4.78 is 21.9. The lowest BCUT2D eigenvalue weighted by molar-refractivity contribution is -0.0152. The summed E-state index contributed by atoms with van der Waals surface area (Å²) in [6.45, 7) is 4.78. The van der Waals surface area contributed by atoms with Crippen LogP contribution >= 0.6 is 0 Å². The van der Waals surface area contributed by atoms with Crippen LogP contribution in [-0.2, 0) is 18.9 Å². The molecule has 4 aliphatic rings. The number of hydrogen-bond acceptors (Lipinski definition) is 5. The molecule has 0 N–H and O–H groups in total. The average molecular weight is 296 g/mol. The summed E-state index contributed by atoms with van der Waals surface area (Å²) in [5, 5.41) is 0. The molecule has 118 valence electrons. The fraction of sp³-hybridized carbons (Fsp3) is 0.938. The van der Waals surface area contributed by atoms with E-state index in [1.54, 1.807) is 0 Å². The van der Waals surface area contributed by atoms with Crippen LogP contribution in [0.4, 0.5) is 4.79 Å². The standard InChI is InChI=1S/C16H24O5/c1-8-3-12-14(19-12)5-10(8)7-18-16(17)21-11-6-15-13(20-15)4-9(11)2/h8-15H,3-7H2,1-2H3. The van der Waals surface area contributed by atoms with E-state index in [1.165, 1.54) is 0 Å². The third kappa shape index (κ3) is 2.90. The maximum Gasteiger partial charge on any atom is 0.508 e. The van der Waals surface area contributed by atoms with E-state index in [9.17, 15) is 4.79 Å². The lowest BCUT2D eigenvalue weighted by Crippen LogP contribution is -2.33. The van der Waals surface area contributed by atoms with E-state index in [-0.39, 0.29) is 6.10 Å². The van der Waals surface area contributed by atoms with Crippen molar-refractivity contribution in [3.8, 4) is 0 Å². The molecule has 0 aromatic heterocycles. The van der Waals surface area contributed by atoms with Crippen molar-refractivity contribution in [3.63, 3.8) is 0 Å². The van der Waals surface area contributed by atoms with E-state index in [4.69, 9.17) is 18.9 Å². The van der Waals surface area contributed by atoms with Crippen LogP contribution < -0.4 is 0 Å². The van der Waals surface area contributed by atoms with Crippen LogP contribution in [0.1, 0.15) is 39.5 Å². The quantitative estimate of drug-likeness (QED) is 0.591.